The van der Waals surface area contributed by atoms with E-state index in [2.05, 4.69) is 42.8 Å². The summed E-state index contributed by atoms with van der Waals surface area (Å²) in [7, 11) is 0. The van der Waals surface area contributed by atoms with Crippen LogP contribution in [0.5, 0.6) is 0 Å². The van der Waals surface area contributed by atoms with Gasteiger partial charge in [0.1, 0.15) is 11.6 Å². The van der Waals surface area contributed by atoms with Crippen molar-refractivity contribution in [3.05, 3.63) is 51.5 Å². The Hall–Kier alpha value is -1.74. The molecule has 7 heteroatoms. The van der Waals surface area contributed by atoms with Crippen molar-refractivity contribution >= 4 is 34.3 Å². The van der Waals surface area contributed by atoms with Crippen molar-refractivity contribution in [3.8, 4) is 0 Å². The summed E-state index contributed by atoms with van der Waals surface area (Å²) in [4.78, 5) is 23.2. The van der Waals surface area contributed by atoms with Gasteiger partial charge in [0.15, 0.2) is 0 Å². The van der Waals surface area contributed by atoms with Crippen LogP contribution in [0.4, 0.5) is 5.82 Å². The highest BCUT2D eigenvalue weighted by atomic mass is 127. The van der Waals surface area contributed by atoms with Crippen LogP contribution in [0.1, 0.15) is 16.2 Å². The standard InChI is InChI=1S/C16H17IN4O2/c17-13-4-2-1-3-12(13)16(22)19-11-14-18-6-5-15(20-14)21-7-9-23-10-8-21/h1-6H,7-11H2,(H,19,22). The summed E-state index contributed by atoms with van der Waals surface area (Å²) >= 11 is 2.15. The van der Waals surface area contributed by atoms with Crippen LogP contribution in [0, 0.1) is 3.57 Å². The first kappa shape index (κ1) is 16.1. The van der Waals surface area contributed by atoms with E-state index in [1.165, 1.54) is 0 Å². The van der Waals surface area contributed by atoms with Gasteiger partial charge in [0.05, 0.1) is 25.3 Å². The van der Waals surface area contributed by atoms with Gasteiger partial charge in [-0.1, -0.05) is 12.1 Å². The zero-order valence-electron chi connectivity index (χ0n) is 12.5. The maximum absolute atomic E-state index is 12.2. The number of rotatable bonds is 4. The molecule has 3 rings (SSSR count). The van der Waals surface area contributed by atoms with Crippen LogP contribution < -0.4 is 10.2 Å². The third-order valence-corrected chi connectivity index (χ3v) is 4.49. The fourth-order valence-electron chi connectivity index (χ4n) is 2.34. The molecule has 1 aliphatic heterocycles. The Morgan fingerprint density at radius 3 is 2.83 bits per heavy atom. The zero-order chi connectivity index (χ0) is 16.1. The lowest BCUT2D eigenvalue weighted by atomic mass is 10.2. The number of aromatic nitrogens is 2. The second-order valence-corrected chi connectivity index (χ2v) is 6.26. The predicted molar refractivity (Wildman–Crippen MR) is 95.4 cm³/mol. The maximum atomic E-state index is 12.2. The van der Waals surface area contributed by atoms with E-state index in [1.54, 1.807) is 6.20 Å². The number of ether oxygens (including phenoxy) is 1. The molecular formula is C16H17IN4O2. The van der Waals surface area contributed by atoms with E-state index in [0.29, 0.717) is 31.1 Å². The minimum Gasteiger partial charge on any atom is -0.378 e. The number of carbonyl (C=O) groups is 1. The van der Waals surface area contributed by atoms with E-state index in [4.69, 9.17) is 4.74 Å². The van der Waals surface area contributed by atoms with E-state index in [1.807, 2.05) is 30.3 Å². The first-order valence-corrected chi connectivity index (χ1v) is 8.49. The topological polar surface area (TPSA) is 67.4 Å². The Bertz CT molecular complexity index is 689. The molecule has 120 valence electrons. The minimum atomic E-state index is -0.115. The normalized spacial score (nSPS) is 14.6. The van der Waals surface area contributed by atoms with Crippen LogP contribution in [0.25, 0.3) is 0 Å². The van der Waals surface area contributed by atoms with Crippen molar-refractivity contribution in [1.29, 1.82) is 0 Å². The fraction of sp³-hybridized carbons (Fsp3) is 0.312. The highest BCUT2D eigenvalue weighted by Crippen LogP contribution is 2.13. The molecule has 23 heavy (non-hydrogen) atoms. The summed E-state index contributed by atoms with van der Waals surface area (Å²) in [6, 6.07) is 9.37. The number of anilines is 1. The molecule has 2 heterocycles. The van der Waals surface area contributed by atoms with Gasteiger partial charge in [-0.2, -0.15) is 0 Å². The maximum Gasteiger partial charge on any atom is 0.252 e. The number of amides is 1. The van der Waals surface area contributed by atoms with Crippen LogP contribution in [-0.2, 0) is 11.3 Å². The van der Waals surface area contributed by atoms with Crippen molar-refractivity contribution in [2.45, 2.75) is 6.54 Å². The van der Waals surface area contributed by atoms with Crippen molar-refractivity contribution in [2.24, 2.45) is 0 Å². The fourth-order valence-corrected chi connectivity index (χ4v) is 2.97. The second-order valence-electron chi connectivity index (χ2n) is 5.09. The molecule has 2 aromatic rings. The molecular weight excluding hydrogens is 407 g/mol. The smallest absolute Gasteiger partial charge is 0.252 e. The van der Waals surface area contributed by atoms with Crippen molar-refractivity contribution in [2.75, 3.05) is 31.2 Å². The van der Waals surface area contributed by atoms with Crippen LogP contribution in [-0.4, -0.2) is 42.2 Å². The van der Waals surface area contributed by atoms with Crippen molar-refractivity contribution < 1.29 is 9.53 Å². The third kappa shape index (κ3) is 4.17. The first-order valence-electron chi connectivity index (χ1n) is 7.41. The monoisotopic (exact) mass is 424 g/mol. The average Bonchev–Trinajstić information content (AvgIpc) is 2.61. The van der Waals surface area contributed by atoms with Gasteiger partial charge in [0.25, 0.3) is 5.91 Å². The molecule has 1 aromatic carbocycles. The van der Waals surface area contributed by atoms with Gasteiger partial charge < -0.3 is 15.0 Å². The van der Waals surface area contributed by atoms with Crippen molar-refractivity contribution in [3.63, 3.8) is 0 Å². The largest absolute Gasteiger partial charge is 0.378 e. The molecule has 1 aliphatic rings. The number of nitrogens with zero attached hydrogens (tertiary/aromatic N) is 3. The summed E-state index contributed by atoms with van der Waals surface area (Å²) in [5.74, 6) is 1.37. The summed E-state index contributed by atoms with van der Waals surface area (Å²) in [5.41, 5.74) is 0.664. The molecule has 0 unspecified atom stereocenters. The molecule has 1 aromatic heterocycles. The number of nitrogens with one attached hydrogen (secondary N) is 1. The van der Waals surface area contributed by atoms with Gasteiger partial charge in [-0.15, -0.1) is 0 Å². The summed E-state index contributed by atoms with van der Waals surface area (Å²) in [6.07, 6.45) is 1.73. The summed E-state index contributed by atoms with van der Waals surface area (Å²) in [6.45, 7) is 3.38. The number of benzene rings is 1. The molecule has 6 nitrogen and oxygen atoms in total. The molecule has 1 saturated heterocycles. The molecule has 1 fully saturated rings. The van der Waals surface area contributed by atoms with E-state index >= 15 is 0 Å². The predicted octanol–water partition coefficient (Wildman–Crippen LogP) is 1.85. The Labute approximate surface area is 148 Å². The number of halogens is 1. The highest BCUT2D eigenvalue weighted by molar-refractivity contribution is 14.1. The lowest BCUT2D eigenvalue weighted by Gasteiger charge is -2.27. The molecule has 0 spiro atoms. The third-order valence-electron chi connectivity index (χ3n) is 3.55. The van der Waals surface area contributed by atoms with Crippen LogP contribution in [0.2, 0.25) is 0 Å². The average molecular weight is 424 g/mol. The molecule has 1 amide bonds. The van der Waals surface area contributed by atoms with Gasteiger partial charge >= 0.3 is 0 Å². The van der Waals surface area contributed by atoms with E-state index in [0.717, 1.165) is 22.5 Å². The van der Waals surface area contributed by atoms with E-state index < -0.39 is 0 Å². The number of hydrogen-bond acceptors (Lipinski definition) is 5. The van der Waals surface area contributed by atoms with Crippen LogP contribution in [0.15, 0.2) is 36.5 Å². The van der Waals surface area contributed by atoms with Gasteiger partial charge in [-0.25, -0.2) is 9.97 Å². The zero-order valence-corrected chi connectivity index (χ0v) is 14.7. The van der Waals surface area contributed by atoms with Gasteiger partial charge in [-0.3, -0.25) is 4.79 Å². The first-order chi connectivity index (χ1) is 11.2. The minimum absolute atomic E-state index is 0.115. The number of carbonyl (C=O) groups excluding carboxylic acids is 1. The van der Waals surface area contributed by atoms with Crippen molar-refractivity contribution in [1.82, 2.24) is 15.3 Å². The van der Waals surface area contributed by atoms with Crippen LogP contribution >= 0.6 is 22.6 Å². The Morgan fingerprint density at radius 1 is 1.26 bits per heavy atom. The van der Waals surface area contributed by atoms with Gasteiger partial charge in [0, 0.05) is 22.9 Å². The molecule has 0 saturated carbocycles. The summed E-state index contributed by atoms with van der Waals surface area (Å²) in [5, 5.41) is 2.87. The van der Waals surface area contributed by atoms with Crippen LogP contribution in [0.3, 0.4) is 0 Å². The van der Waals surface area contributed by atoms with E-state index in [-0.39, 0.29) is 5.91 Å². The second kappa shape index (κ2) is 7.69. The Morgan fingerprint density at radius 2 is 2.04 bits per heavy atom. The summed E-state index contributed by atoms with van der Waals surface area (Å²) < 4.78 is 6.27. The van der Waals surface area contributed by atoms with E-state index in [9.17, 15) is 4.79 Å². The number of morpholine rings is 1. The molecule has 0 atom stereocenters. The molecule has 1 N–H and O–H groups in total. The lowest BCUT2D eigenvalue weighted by Crippen LogP contribution is -2.37. The number of hydrogen-bond donors (Lipinski definition) is 1. The Kier molecular flexibility index (Phi) is 5.39. The Balaban J connectivity index is 1.64. The quantitative estimate of drug-likeness (QED) is 0.760. The van der Waals surface area contributed by atoms with Gasteiger partial charge in [0.2, 0.25) is 0 Å². The molecule has 0 radical (unpaired) electrons. The molecule has 0 bridgehead atoms. The molecule has 0 aliphatic carbocycles. The van der Waals surface area contributed by atoms with Gasteiger partial charge in [-0.05, 0) is 40.8 Å². The lowest BCUT2D eigenvalue weighted by molar-refractivity contribution is 0.0949. The SMILES string of the molecule is O=C(NCc1nccc(N2CCOCC2)n1)c1ccccc1I. The highest BCUT2D eigenvalue weighted by Gasteiger charge is 2.14.